The van der Waals surface area contributed by atoms with E-state index in [1.165, 1.54) is 79.2 Å². The minimum atomic E-state index is -0.0337. The van der Waals surface area contributed by atoms with Gasteiger partial charge in [0.2, 0.25) is 0 Å². The van der Waals surface area contributed by atoms with E-state index in [2.05, 4.69) is 83.7 Å². The lowest BCUT2D eigenvalue weighted by atomic mass is 9.80. The van der Waals surface area contributed by atoms with Crippen molar-refractivity contribution < 1.29 is 5.11 Å². The summed E-state index contributed by atoms with van der Waals surface area (Å²) in [5, 5.41) is 13.0. The standard InChI is InChI=1S/C32H50NOP/c1-8-10-12-18-32(9-2,28-22-27(31(5,6)7)21-25(4)29(28)34)35-30-24(3)16-15-17-26(30)23-33-19-13-11-14-20-33/h15-17,21-22,34-35H,8-14,18-20,23H2,1-7H3. The molecule has 1 aliphatic heterocycles. The minimum Gasteiger partial charge on any atom is -0.507 e. The topological polar surface area (TPSA) is 23.5 Å². The number of aryl methyl sites for hydroxylation is 2. The quantitative estimate of drug-likeness (QED) is 0.264. The summed E-state index contributed by atoms with van der Waals surface area (Å²) in [5.41, 5.74) is 6.51. The SMILES string of the molecule is CCCCCC(CC)(Pc1c(C)cccc1CN1CCCCC1)c1cc(C(C)(C)C)cc(C)c1O. The van der Waals surface area contributed by atoms with Gasteiger partial charge in [0.1, 0.15) is 5.75 Å². The van der Waals surface area contributed by atoms with E-state index in [9.17, 15) is 5.11 Å². The highest BCUT2D eigenvalue weighted by molar-refractivity contribution is 7.48. The molecular formula is C32H50NOP. The molecule has 3 rings (SSSR count). The van der Waals surface area contributed by atoms with Crippen molar-refractivity contribution in [3.63, 3.8) is 0 Å². The van der Waals surface area contributed by atoms with Crippen LogP contribution < -0.4 is 5.30 Å². The molecule has 2 aromatic carbocycles. The van der Waals surface area contributed by atoms with Gasteiger partial charge in [-0.05, 0) is 85.6 Å². The number of hydrogen-bond donors (Lipinski definition) is 1. The molecule has 1 fully saturated rings. The van der Waals surface area contributed by atoms with E-state index in [0.717, 1.165) is 24.9 Å². The number of phenolic OH excluding ortho intramolecular Hbond substituents is 1. The predicted octanol–water partition coefficient (Wildman–Crippen LogP) is 8.48. The fraction of sp³-hybridized carbons (Fsp3) is 0.625. The molecule has 0 spiro atoms. The van der Waals surface area contributed by atoms with Crippen molar-refractivity contribution in [2.75, 3.05) is 13.1 Å². The molecule has 0 amide bonds. The molecule has 3 heteroatoms. The molecule has 1 N–H and O–H groups in total. The van der Waals surface area contributed by atoms with Crippen LogP contribution in [0.3, 0.4) is 0 Å². The van der Waals surface area contributed by atoms with Gasteiger partial charge in [-0.1, -0.05) is 99.2 Å². The number of hydrogen-bond acceptors (Lipinski definition) is 2. The summed E-state index contributed by atoms with van der Waals surface area (Å²) in [6, 6.07) is 11.5. The molecular weight excluding hydrogens is 445 g/mol. The maximum atomic E-state index is 11.5. The number of aromatic hydroxyl groups is 1. The smallest absolute Gasteiger partial charge is 0.122 e. The molecule has 0 saturated carbocycles. The van der Waals surface area contributed by atoms with Gasteiger partial charge in [0.15, 0.2) is 0 Å². The summed E-state index contributed by atoms with van der Waals surface area (Å²) < 4.78 is 0. The van der Waals surface area contributed by atoms with Gasteiger partial charge in [0.05, 0.1) is 0 Å². The van der Waals surface area contributed by atoms with Gasteiger partial charge in [-0.3, -0.25) is 4.90 Å². The summed E-state index contributed by atoms with van der Waals surface area (Å²) >= 11 is 0. The van der Waals surface area contributed by atoms with Crippen LogP contribution in [0.25, 0.3) is 0 Å². The maximum absolute atomic E-state index is 11.5. The van der Waals surface area contributed by atoms with Crippen LogP contribution in [0.2, 0.25) is 0 Å². The van der Waals surface area contributed by atoms with Crippen LogP contribution in [0.1, 0.15) is 114 Å². The number of rotatable bonds is 10. The molecule has 2 unspecified atom stereocenters. The third-order valence-electron chi connectivity index (χ3n) is 8.06. The lowest BCUT2D eigenvalue weighted by Crippen LogP contribution is -2.32. The lowest BCUT2D eigenvalue weighted by molar-refractivity contribution is 0.221. The summed E-state index contributed by atoms with van der Waals surface area (Å²) in [6.07, 6.45) is 9.89. The first kappa shape index (κ1) is 28.2. The first-order chi connectivity index (χ1) is 16.6. The van der Waals surface area contributed by atoms with Crippen molar-refractivity contribution >= 4 is 13.9 Å². The second-order valence-corrected chi connectivity index (χ2v) is 13.6. The van der Waals surface area contributed by atoms with Gasteiger partial charge in [-0.15, -0.1) is 0 Å². The van der Waals surface area contributed by atoms with Gasteiger partial charge < -0.3 is 5.11 Å². The normalized spacial score (nSPS) is 17.2. The van der Waals surface area contributed by atoms with Crippen molar-refractivity contribution in [1.29, 1.82) is 0 Å². The third-order valence-corrected chi connectivity index (χ3v) is 10.4. The molecule has 0 aromatic heterocycles. The minimum absolute atomic E-state index is 0.0337. The predicted molar refractivity (Wildman–Crippen MR) is 156 cm³/mol. The van der Waals surface area contributed by atoms with Gasteiger partial charge in [-0.25, -0.2) is 0 Å². The molecule has 1 heterocycles. The van der Waals surface area contributed by atoms with Crippen LogP contribution in [-0.2, 0) is 17.1 Å². The second-order valence-electron chi connectivity index (χ2n) is 11.9. The summed E-state index contributed by atoms with van der Waals surface area (Å²) in [7, 11) is 0.659. The van der Waals surface area contributed by atoms with Crippen molar-refractivity contribution in [3.05, 3.63) is 58.1 Å². The van der Waals surface area contributed by atoms with E-state index < -0.39 is 0 Å². The molecule has 194 valence electrons. The Kier molecular flexibility index (Phi) is 9.87. The van der Waals surface area contributed by atoms with Crippen LogP contribution in [-0.4, -0.2) is 23.1 Å². The number of phenols is 1. The zero-order valence-electron chi connectivity index (χ0n) is 23.6. The molecule has 35 heavy (non-hydrogen) atoms. The Morgan fingerprint density at radius 3 is 2.29 bits per heavy atom. The fourth-order valence-electron chi connectivity index (χ4n) is 5.61. The number of piperidine rings is 1. The van der Waals surface area contributed by atoms with Crippen LogP contribution in [0, 0.1) is 13.8 Å². The molecule has 2 aromatic rings. The fourth-order valence-corrected chi connectivity index (χ4v) is 7.50. The van der Waals surface area contributed by atoms with Gasteiger partial charge in [0.25, 0.3) is 0 Å². The Morgan fingerprint density at radius 1 is 0.943 bits per heavy atom. The van der Waals surface area contributed by atoms with Crippen LogP contribution in [0.15, 0.2) is 30.3 Å². The van der Waals surface area contributed by atoms with Crippen molar-refractivity contribution in [2.45, 2.75) is 117 Å². The molecule has 0 radical (unpaired) electrons. The second kappa shape index (κ2) is 12.2. The Morgan fingerprint density at radius 2 is 1.66 bits per heavy atom. The molecule has 2 nitrogen and oxygen atoms in total. The van der Waals surface area contributed by atoms with Crippen molar-refractivity contribution in [2.24, 2.45) is 0 Å². The number of unbranched alkanes of at least 4 members (excludes halogenated alkanes) is 2. The van der Waals surface area contributed by atoms with Gasteiger partial charge in [-0.2, -0.15) is 0 Å². The highest BCUT2D eigenvalue weighted by Crippen LogP contribution is 2.53. The van der Waals surface area contributed by atoms with E-state index in [1.807, 2.05) is 0 Å². The van der Waals surface area contributed by atoms with E-state index in [4.69, 9.17) is 0 Å². The molecule has 2 atom stereocenters. The summed E-state index contributed by atoms with van der Waals surface area (Å²) in [5.74, 6) is 0.523. The van der Waals surface area contributed by atoms with E-state index >= 15 is 0 Å². The Labute approximate surface area is 217 Å². The zero-order chi connectivity index (χ0) is 25.6. The average molecular weight is 496 g/mol. The highest BCUT2D eigenvalue weighted by atomic mass is 31.1. The Bertz CT molecular complexity index is 970. The van der Waals surface area contributed by atoms with Crippen LogP contribution in [0.5, 0.6) is 5.75 Å². The highest BCUT2D eigenvalue weighted by Gasteiger charge is 2.35. The largest absolute Gasteiger partial charge is 0.507 e. The van der Waals surface area contributed by atoms with Crippen molar-refractivity contribution in [3.8, 4) is 5.75 Å². The molecule has 0 bridgehead atoms. The van der Waals surface area contributed by atoms with E-state index in [0.29, 0.717) is 14.3 Å². The molecule has 1 aliphatic rings. The van der Waals surface area contributed by atoms with Gasteiger partial charge >= 0.3 is 0 Å². The number of nitrogens with zero attached hydrogens (tertiary/aromatic N) is 1. The molecule has 1 saturated heterocycles. The third kappa shape index (κ3) is 6.90. The molecule has 0 aliphatic carbocycles. The van der Waals surface area contributed by atoms with Crippen LogP contribution in [0.4, 0.5) is 0 Å². The van der Waals surface area contributed by atoms with E-state index in [-0.39, 0.29) is 10.6 Å². The lowest BCUT2D eigenvalue weighted by Gasteiger charge is -2.38. The maximum Gasteiger partial charge on any atom is 0.122 e. The first-order valence-electron chi connectivity index (χ1n) is 14.0. The summed E-state index contributed by atoms with van der Waals surface area (Å²) in [4.78, 5) is 2.65. The summed E-state index contributed by atoms with van der Waals surface area (Å²) in [6.45, 7) is 19.4. The zero-order valence-corrected chi connectivity index (χ0v) is 24.6. The van der Waals surface area contributed by atoms with Crippen molar-refractivity contribution in [1.82, 2.24) is 4.90 Å². The average Bonchev–Trinajstić information content (AvgIpc) is 2.82. The number of likely N-dealkylation sites (tertiary alicyclic amines) is 1. The first-order valence-corrected chi connectivity index (χ1v) is 15.0. The van der Waals surface area contributed by atoms with Gasteiger partial charge in [0, 0.05) is 17.3 Å². The monoisotopic (exact) mass is 495 g/mol. The van der Waals surface area contributed by atoms with Crippen LogP contribution >= 0.6 is 8.58 Å². The Hall–Kier alpha value is -1.37. The number of benzene rings is 2. The Balaban J connectivity index is 2.10. The van der Waals surface area contributed by atoms with E-state index in [1.54, 1.807) is 0 Å².